The van der Waals surface area contributed by atoms with E-state index >= 15 is 0 Å². The molecule has 0 aliphatic rings. The van der Waals surface area contributed by atoms with Crippen molar-refractivity contribution < 1.29 is 8.42 Å². The van der Waals surface area contributed by atoms with Crippen LogP contribution in [0, 0.1) is 5.92 Å². The molecule has 0 radical (unpaired) electrons. The van der Waals surface area contributed by atoms with E-state index in [1.807, 2.05) is 13.8 Å². The maximum Gasteiger partial charge on any atom is 0.163 e. The minimum atomic E-state index is -2.85. The number of hydrogen-bond donors (Lipinski definition) is 0. The Morgan fingerprint density at radius 2 is 1.75 bits per heavy atom. The van der Waals surface area contributed by atoms with Crippen LogP contribution in [0.2, 0.25) is 0 Å². The van der Waals surface area contributed by atoms with Crippen LogP contribution < -0.4 is 0 Å². The smallest absolute Gasteiger partial charge is 0.163 e. The Kier molecular flexibility index (Phi) is 4.78. The number of sulfone groups is 1. The molecule has 0 saturated carbocycles. The largest absolute Gasteiger partial charge is 0.296 e. The maximum absolute atomic E-state index is 11.3. The van der Waals surface area contributed by atoms with Gasteiger partial charge in [-0.1, -0.05) is 13.8 Å². The first-order valence-corrected chi connectivity index (χ1v) is 6.01. The third-order valence-corrected chi connectivity index (χ3v) is 3.23. The van der Waals surface area contributed by atoms with Crippen molar-refractivity contribution in [3.8, 4) is 0 Å². The zero-order valence-electron chi connectivity index (χ0n) is 8.37. The molecule has 0 bridgehead atoms. The Morgan fingerprint density at radius 3 is 2.08 bits per heavy atom. The van der Waals surface area contributed by atoms with E-state index < -0.39 is 9.84 Å². The van der Waals surface area contributed by atoms with Crippen LogP contribution in [-0.4, -0.2) is 39.0 Å². The van der Waals surface area contributed by atoms with Gasteiger partial charge in [0.25, 0.3) is 0 Å². The third kappa shape index (κ3) is 6.61. The van der Waals surface area contributed by atoms with Gasteiger partial charge in [-0.25, -0.2) is 8.42 Å². The fraction of sp³-hybridized carbons (Fsp3) is 1.00. The van der Waals surface area contributed by atoms with E-state index in [4.69, 9.17) is 0 Å². The van der Waals surface area contributed by atoms with E-state index in [0.717, 1.165) is 6.42 Å². The molecule has 0 aliphatic heterocycles. The normalized spacial score (nSPS) is 12.8. The molecular weight excluding hydrogens is 174 g/mol. The SMILES string of the molecule is CC(C)CCS(=O)(=O)CN(C)C. The highest BCUT2D eigenvalue weighted by atomic mass is 32.2. The van der Waals surface area contributed by atoms with Gasteiger partial charge >= 0.3 is 0 Å². The molecule has 0 rings (SSSR count). The molecular formula is C8H19NO2S. The second-order valence-corrected chi connectivity index (χ2v) is 5.99. The summed E-state index contributed by atoms with van der Waals surface area (Å²) in [7, 11) is 0.692. The zero-order chi connectivity index (χ0) is 9.78. The van der Waals surface area contributed by atoms with E-state index in [1.54, 1.807) is 19.0 Å². The van der Waals surface area contributed by atoms with Crippen molar-refractivity contribution in [3.63, 3.8) is 0 Å². The quantitative estimate of drug-likeness (QED) is 0.653. The highest BCUT2D eigenvalue weighted by Gasteiger charge is 2.12. The molecule has 12 heavy (non-hydrogen) atoms. The van der Waals surface area contributed by atoms with Crippen LogP contribution in [0.4, 0.5) is 0 Å². The van der Waals surface area contributed by atoms with Crippen LogP contribution in [0.5, 0.6) is 0 Å². The monoisotopic (exact) mass is 193 g/mol. The molecule has 0 aromatic heterocycles. The van der Waals surface area contributed by atoms with E-state index in [9.17, 15) is 8.42 Å². The average Bonchev–Trinajstić information content (AvgIpc) is 1.81. The molecule has 0 heterocycles. The first kappa shape index (κ1) is 11.9. The van der Waals surface area contributed by atoms with E-state index in [2.05, 4.69) is 0 Å². The lowest BCUT2D eigenvalue weighted by atomic mass is 10.2. The predicted molar refractivity (Wildman–Crippen MR) is 51.8 cm³/mol. The van der Waals surface area contributed by atoms with Crippen molar-refractivity contribution >= 4 is 9.84 Å². The third-order valence-electron chi connectivity index (χ3n) is 1.46. The molecule has 0 spiro atoms. The van der Waals surface area contributed by atoms with E-state index in [1.165, 1.54) is 0 Å². The highest BCUT2D eigenvalue weighted by Crippen LogP contribution is 2.03. The lowest BCUT2D eigenvalue weighted by molar-refractivity contribution is 0.459. The van der Waals surface area contributed by atoms with E-state index in [-0.39, 0.29) is 5.88 Å². The number of nitrogens with zero attached hydrogens (tertiary/aromatic N) is 1. The van der Waals surface area contributed by atoms with Gasteiger partial charge in [-0.15, -0.1) is 0 Å². The number of rotatable bonds is 5. The lowest BCUT2D eigenvalue weighted by Gasteiger charge is -2.11. The minimum absolute atomic E-state index is 0.166. The van der Waals surface area contributed by atoms with Crippen LogP contribution in [0.1, 0.15) is 20.3 Å². The van der Waals surface area contributed by atoms with Crippen molar-refractivity contribution in [2.45, 2.75) is 20.3 Å². The molecule has 0 fully saturated rings. The molecule has 4 heteroatoms. The van der Waals surface area contributed by atoms with Crippen molar-refractivity contribution in [1.82, 2.24) is 4.90 Å². The summed E-state index contributed by atoms with van der Waals surface area (Å²) in [6, 6.07) is 0. The lowest BCUT2D eigenvalue weighted by Crippen LogP contribution is -2.24. The Balaban J connectivity index is 3.89. The van der Waals surface area contributed by atoms with Crippen LogP contribution in [0.15, 0.2) is 0 Å². The van der Waals surface area contributed by atoms with Crippen LogP contribution >= 0.6 is 0 Å². The van der Waals surface area contributed by atoms with E-state index in [0.29, 0.717) is 11.7 Å². The zero-order valence-corrected chi connectivity index (χ0v) is 9.19. The highest BCUT2D eigenvalue weighted by molar-refractivity contribution is 7.91. The Bertz CT molecular complexity index is 207. The predicted octanol–water partition coefficient (Wildman–Crippen LogP) is 0.966. The van der Waals surface area contributed by atoms with Gasteiger partial charge in [0.15, 0.2) is 9.84 Å². The average molecular weight is 193 g/mol. The summed E-state index contributed by atoms with van der Waals surface area (Å²) in [5, 5.41) is 0. The van der Waals surface area contributed by atoms with Gasteiger partial charge in [0.2, 0.25) is 0 Å². The first-order valence-electron chi connectivity index (χ1n) is 4.18. The molecule has 0 amide bonds. The molecule has 74 valence electrons. The molecule has 0 unspecified atom stereocenters. The Labute approximate surface area is 75.7 Å². The van der Waals surface area contributed by atoms with Crippen molar-refractivity contribution in [3.05, 3.63) is 0 Å². The summed E-state index contributed by atoms with van der Waals surface area (Å²) >= 11 is 0. The van der Waals surface area contributed by atoms with Gasteiger partial charge in [0.05, 0.1) is 5.75 Å². The van der Waals surface area contributed by atoms with Gasteiger partial charge in [-0.2, -0.15) is 0 Å². The fourth-order valence-corrected chi connectivity index (χ4v) is 2.62. The fourth-order valence-electron chi connectivity index (χ4n) is 0.873. The summed E-state index contributed by atoms with van der Waals surface area (Å²) in [5.41, 5.74) is 0. The molecule has 0 aliphatic carbocycles. The first-order chi connectivity index (χ1) is 5.33. The van der Waals surface area contributed by atoms with Gasteiger partial charge in [-0.3, -0.25) is 4.90 Å². The van der Waals surface area contributed by atoms with Crippen LogP contribution in [0.25, 0.3) is 0 Å². The Hall–Kier alpha value is -0.0900. The summed E-state index contributed by atoms with van der Waals surface area (Å²) in [6.07, 6.45) is 0.760. The van der Waals surface area contributed by atoms with Gasteiger partial charge in [-0.05, 0) is 26.4 Å². The molecule has 0 aromatic carbocycles. The van der Waals surface area contributed by atoms with Gasteiger partial charge in [0.1, 0.15) is 5.88 Å². The van der Waals surface area contributed by atoms with Crippen LogP contribution in [-0.2, 0) is 9.84 Å². The summed E-state index contributed by atoms with van der Waals surface area (Å²) in [6.45, 7) is 4.07. The number of hydrogen-bond acceptors (Lipinski definition) is 3. The summed E-state index contributed by atoms with van der Waals surface area (Å²) in [5.74, 6) is 0.935. The molecule has 0 saturated heterocycles. The van der Waals surface area contributed by atoms with Crippen LogP contribution in [0.3, 0.4) is 0 Å². The molecule has 0 aromatic rings. The second-order valence-electron chi connectivity index (χ2n) is 3.84. The summed E-state index contributed by atoms with van der Waals surface area (Å²) in [4.78, 5) is 1.69. The molecule has 0 atom stereocenters. The van der Waals surface area contributed by atoms with Gasteiger partial charge < -0.3 is 0 Å². The Morgan fingerprint density at radius 1 is 1.25 bits per heavy atom. The topological polar surface area (TPSA) is 37.4 Å². The second kappa shape index (κ2) is 4.82. The molecule has 3 nitrogen and oxygen atoms in total. The minimum Gasteiger partial charge on any atom is -0.296 e. The van der Waals surface area contributed by atoms with Crippen molar-refractivity contribution in [2.75, 3.05) is 25.7 Å². The standard InChI is InChI=1S/C8H19NO2S/c1-8(2)5-6-12(10,11)7-9(3)4/h8H,5-7H2,1-4H3. The summed E-state index contributed by atoms with van der Waals surface area (Å²) < 4.78 is 22.6. The molecule has 0 N–H and O–H groups in total. The van der Waals surface area contributed by atoms with Crippen molar-refractivity contribution in [1.29, 1.82) is 0 Å². The van der Waals surface area contributed by atoms with Crippen molar-refractivity contribution in [2.24, 2.45) is 5.92 Å². The van der Waals surface area contributed by atoms with Gasteiger partial charge in [0, 0.05) is 0 Å². The maximum atomic E-state index is 11.3.